The van der Waals surface area contributed by atoms with Gasteiger partial charge in [-0.05, 0) is 12.1 Å². The van der Waals surface area contributed by atoms with Gasteiger partial charge in [0.2, 0.25) is 0 Å². The standard InChI is InChI=1S/C16H18N4O/c1-16(2,3)13-9-14(20-17)19-15(18-13)12-8-10-6-4-5-7-11(10)21-12/h4-9H,17H2,1-3H3,(H,18,19,20). The number of rotatable bonds is 2. The average molecular weight is 282 g/mol. The van der Waals surface area contributed by atoms with E-state index in [9.17, 15) is 0 Å². The van der Waals surface area contributed by atoms with Crippen molar-refractivity contribution in [1.29, 1.82) is 0 Å². The van der Waals surface area contributed by atoms with Gasteiger partial charge in [0.1, 0.15) is 11.4 Å². The fourth-order valence-electron chi connectivity index (χ4n) is 2.11. The Morgan fingerprint density at radius 1 is 1.10 bits per heavy atom. The summed E-state index contributed by atoms with van der Waals surface area (Å²) in [4.78, 5) is 9.01. The summed E-state index contributed by atoms with van der Waals surface area (Å²) in [5.41, 5.74) is 4.21. The van der Waals surface area contributed by atoms with Gasteiger partial charge in [0.05, 0.1) is 5.69 Å². The first-order valence-corrected chi connectivity index (χ1v) is 6.82. The maximum absolute atomic E-state index is 5.83. The molecule has 2 heterocycles. The van der Waals surface area contributed by atoms with E-state index in [2.05, 4.69) is 36.2 Å². The zero-order valence-corrected chi connectivity index (χ0v) is 12.3. The van der Waals surface area contributed by atoms with E-state index < -0.39 is 0 Å². The summed E-state index contributed by atoms with van der Waals surface area (Å²) in [6.45, 7) is 6.29. The summed E-state index contributed by atoms with van der Waals surface area (Å²) in [6.07, 6.45) is 0. The van der Waals surface area contributed by atoms with Gasteiger partial charge in [0.25, 0.3) is 0 Å². The molecule has 0 bridgehead atoms. The van der Waals surface area contributed by atoms with Crippen LogP contribution in [-0.2, 0) is 5.41 Å². The molecular formula is C16H18N4O. The lowest BCUT2D eigenvalue weighted by Crippen LogP contribution is -2.17. The van der Waals surface area contributed by atoms with Crippen LogP contribution in [0.4, 0.5) is 5.82 Å². The van der Waals surface area contributed by atoms with E-state index in [0.29, 0.717) is 17.4 Å². The van der Waals surface area contributed by atoms with E-state index in [4.69, 9.17) is 10.3 Å². The molecule has 108 valence electrons. The Hall–Kier alpha value is -2.40. The molecule has 1 aromatic carbocycles. The smallest absolute Gasteiger partial charge is 0.197 e. The monoisotopic (exact) mass is 282 g/mol. The zero-order valence-electron chi connectivity index (χ0n) is 12.3. The highest BCUT2D eigenvalue weighted by Crippen LogP contribution is 2.29. The first kappa shape index (κ1) is 13.6. The van der Waals surface area contributed by atoms with Gasteiger partial charge in [0.15, 0.2) is 11.6 Å². The van der Waals surface area contributed by atoms with Crippen LogP contribution in [0, 0.1) is 0 Å². The molecule has 5 heteroatoms. The summed E-state index contributed by atoms with van der Waals surface area (Å²) in [6, 6.07) is 11.6. The fourth-order valence-corrected chi connectivity index (χ4v) is 2.11. The van der Waals surface area contributed by atoms with Crippen molar-refractivity contribution in [3.8, 4) is 11.6 Å². The zero-order chi connectivity index (χ0) is 15.0. The second-order valence-electron chi connectivity index (χ2n) is 6.00. The molecule has 0 spiro atoms. The Morgan fingerprint density at radius 2 is 1.86 bits per heavy atom. The van der Waals surface area contributed by atoms with Gasteiger partial charge in [-0.15, -0.1) is 0 Å². The molecule has 3 rings (SSSR count). The summed E-state index contributed by atoms with van der Waals surface area (Å²) in [5, 5.41) is 1.03. The predicted octanol–water partition coefficient (Wildman–Crippen LogP) is 3.47. The normalized spacial score (nSPS) is 11.8. The number of nitrogen functional groups attached to an aromatic ring is 1. The van der Waals surface area contributed by atoms with Crippen LogP contribution < -0.4 is 11.3 Å². The number of anilines is 1. The number of para-hydroxylation sites is 1. The molecule has 0 saturated carbocycles. The molecule has 0 amide bonds. The van der Waals surface area contributed by atoms with Crippen LogP contribution in [0.25, 0.3) is 22.6 Å². The van der Waals surface area contributed by atoms with Crippen LogP contribution in [0.15, 0.2) is 40.8 Å². The third-order valence-electron chi connectivity index (χ3n) is 3.29. The first-order valence-electron chi connectivity index (χ1n) is 6.82. The minimum atomic E-state index is -0.102. The third-order valence-corrected chi connectivity index (χ3v) is 3.29. The summed E-state index contributed by atoms with van der Waals surface area (Å²) in [5.74, 6) is 7.26. The van der Waals surface area contributed by atoms with Crippen molar-refractivity contribution in [1.82, 2.24) is 9.97 Å². The van der Waals surface area contributed by atoms with E-state index in [0.717, 1.165) is 16.7 Å². The number of fused-ring (bicyclic) bond motifs is 1. The highest BCUT2D eigenvalue weighted by molar-refractivity contribution is 5.81. The molecule has 0 radical (unpaired) electrons. The maximum atomic E-state index is 5.83. The number of hydrazine groups is 1. The molecule has 0 atom stereocenters. The van der Waals surface area contributed by atoms with Crippen LogP contribution in [0.1, 0.15) is 26.5 Å². The van der Waals surface area contributed by atoms with Crippen molar-refractivity contribution in [3.05, 3.63) is 42.1 Å². The molecule has 0 aliphatic heterocycles. The second-order valence-corrected chi connectivity index (χ2v) is 6.00. The van der Waals surface area contributed by atoms with Crippen LogP contribution in [0.3, 0.4) is 0 Å². The fraction of sp³-hybridized carbons (Fsp3) is 0.250. The van der Waals surface area contributed by atoms with Gasteiger partial charge in [-0.1, -0.05) is 39.0 Å². The Morgan fingerprint density at radius 3 is 2.52 bits per heavy atom. The van der Waals surface area contributed by atoms with Crippen molar-refractivity contribution in [3.63, 3.8) is 0 Å². The molecule has 0 aliphatic rings. The number of aromatic nitrogens is 2. The van der Waals surface area contributed by atoms with E-state index in [1.807, 2.05) is 36.4 Å². The molecule has 0 unspecified atom stereocenters. The van der Waals surface area contributed by atoms with E-state index >= 15 is 0 Å². The summed E-state index contributed by atoms with van der Waals surface area (Å²) in [7, 11) is 0. The topological polar surface area (TPSA) is 77.0 Å². The van der Waals surface area contributed by atoms with Crippen LogP contribution in [0.2, 0.25) is 0 Å². The minimum Gasteiger partial charge on any atom is -0.453 e. The second kappa shape index (κ2) is 4.86. The van der Waals surface area contributed by atoms with Crippen molar-refractivity contribution < 1.29 is 4.42 Å². The van der Waals surface area contributed by atoms with E-state index in [1.165, 1.54) is 0 Å². The van der Waals surface area contributed by atoms with Gasteiger partial charge >= 0.3 is 0 Å². The highest BCUT2D eigenvalue weighted by Gasteiger charge is 2.19. The predicted molar refractivity (Wildman–Crippen MR) is 83.8 cm³/mol. The molecule has 0 aliphatic carbocycles. The molecule has 0 fully saturated rings. The molecule has 2 aromatic heterocycles. The number of hydrogen-bond donors (Lipinski definition) is 2. The maximum Gasteiger partial charge on any atom is 0.197 e. The van der Waals surface area contributed by atoms with E-state index in [-0.39, 0.29) is 5.41 Å². The molecule has 5 nitrogen and oxygen atoms in total. The van der Waals surface area contributed by atoms with Crippen molar-refractivity contribution in [2.45, 2.75) is 26.2 Å². The Balaban J connectivity index is 2.16. The molecule has 21 heavy (non-hydrogen) atoms. The Labute approximate surface area is 123 Å². The lowest BCUT2D eigenvalue weighted by atomic mass is 9.92. The number of furan rings is 1. The van der Waals surface area contributed by atoms with Crippen molar-refractivity contribution >= 4 is 16.8 Å². The molecule has 3 aromatic rings. The summed E-state index contributed by atoms with van der Waals surface area (Å²) >= 11 is 0. The SMILES string of the molecule is CC(C)(C)c1cc(NN)nc(-c2cc3ccccc3o2)n1. The number of nitrogens with zero attached hydrogens (tertiary/aromatic N) is 2. The van der Waals surface area contributed by atoms with Gasteiger partial charge in [-0.25, -0.2) is 15.8 Å². The minimum absolute atomic E-state index is 0.102. The first-order chi connectivity index (χ1) is 9.97. The number of benzene rings is 1. The Bertz CT molecular complexity index is 753. The molecule has 3 N–H and O–H groups in total. The third kappa shape index (κ3) is 2.60. The number of nitrogens with two attached hydrogens (primary N) is 1. The van der Waals surface area contributed by atoms with E-state index in [1.54, 1.807) is 0 Å². The quantitative estimate of drug-likeness (QED) is 0.556. The number of hydrogen-bond acceptors (Lipinski definition) is 5. The molecular weight excluding hydrogens is 264 g/mol. The lowest BCUT2D eigenvalue weighted by molar-refractivity contribution is 0.564. The largest absolute Gasteiger partial charge is 0.453 e. The van der Waals surface area contributed by atoms with Crippen LogP contribution >= 0.6 is 0 Å². The van der Waals surface area contributed by atoms with Crippen molar-refractivity contribution in [2.24, 2.45) is 5.84 Å². The highest BCUT2D eigenvalue weighted by atomic mass is 16.3. The van der Waals surface area contributed by atoms with Gasteiger partial charge < -0.3 is 9.84 Å². The average Bonchev–Trinajstić information content (AvgIpc) is 2.89. The van der Waals surface area contributed by atoms with Gasteiger partial charge in [-0.3, -0.25) is 0 Å². The van der Waals surface area contributed by atoms with Crippen LogP contribution in [0.5, 0.6) is 0 Å². The molecule has 0 saturated heterocycles. The summed E-state index contributed by atoms with van der Waals surface area (Å²) < 4.78 is 5.83. The number of nitrogens with one attached hydrogen (secondary N) is 1. The van der Waals surface area contributed by atoms with Crippen molar-refractivity contribution in [2.75, 3.05) is 5.43 Å². The van der Waals surface area contributed by atoms with Gasteiger partial charge in [0, 0.05) is 16.9 Å². The van der Waals surface area contributed by atoms with Crippen LogP contribution in [-0.4, -0.2) is 9.97 Å². The van der Waals surface area contributed by atoms with Gasteiger partial charge in [-0.2, -0.15) is 0 Å². The Kier molecular flexibility index (Phi) is 3.14. The lowest BCUT2D eigenvalue weighted by Gasteiger charge is -2.18.